The molecule has 106 valence electrons. The molecule has 0 amide bonds. The van der Waals surface area contributed by atoms with E-state index in [0.717, 1.165) is 25.9 Å². The fourth-order valence-corrected chi connectivity index (χ4v) is 2.47. The quantitative estimate of drug-likeness (QED) is 0.629. The second-order valence-electron chi connectivity index (χ2n) is 5.05. The zero-order valence-corrected chi connectivity index (χ0v) is 11.5. The molecule has 0 aromatic rings. The van der Waals surface area contributed by atoms with Crippen molar-refractivity contribution in [2.75, 3.05) is 19.6 Å². The summed E-state index contributed by atoms with van der Waals surface area (Å²) in [4.78, 5) is 26.2. The molecule has 0 aromatic heterocycles. The van der Waals surface area contributed by atoms with Crippen LogP contribution in [-0.4, -0.2) is 41.2 Å². The van der Waals surface area contributed by atoms with Crippen molar-refractivity contribution in [2.45, 2.75) is 19.3 Å². The van der Waals surface area contributed by atoms with Crippen LogP contribution in [0.1, 0.15) is 19.3 Å². The minimum Gasteiger partial charge on any atom is -0.504 e. The van der Waals surface area contributed by atoms with Crippen LogP contribution in [0.5, 0.6) is 0 Å². The molecule has 1 fully saturated rings. The number of carbonyl (C=O) groups is 2. The van der Waals surface area contributed by atoms with Crippen LogP contribution >= 0.6 is 0 Å². The highest BCUT2D eigenvalue weighted by atomic mass is 16.3. The molecule has 1 N–H and O–H groups in total. The molecule has 0 unspecified atom stereocenters. The van der Waals surface area contributed by atoms with E-state index in [2.05, 4.69) is 11.5 Å². The summed E-state index contributed by atoms with van der Waals surface area (Å²) in [5, 5.41) is 9.99. The van der Waals surface area contributed by atoms with Crippen molar-refractivity contribution in [3.8, 4) is 0 Å². The molecule has 0 atom stereocenters. The number of ketones is 2. The highest BCUT2D eigenvalue weighted by Crippen LogP contribution is 2.21. The number of piperidine rings is 1. The highest BCUT2D eigenvalue weighted by Gasteiger charge is 2.28. The molecule has 1 aliphatic carbocycles. The van der Waals surface area contributed by atoms with Crippen molar-refractivity contribution < 1.29 is 14.7 Å². The number of aliphatic hydroxyl groups excluding tert-OH is 1. The molecule has 0 saturated carbocycles. The number of hydrogen-bond acceptors (Lipinski definition) is 4. The summed E-state index contributed by atoms with van der Waals surface area (Å²) in [5.41, 5.74) is 0.419. The van der Waals surface area contributed by atoms with E-state index in [9.17, 15) is 14.7 Å². The first kappa shape index (κ1) is 14.5. The first-order chi connectivity index (χ1) is 9.63. The first-order valence-corrected chi connectivity index (χ1v) is 6.88. The van der Waals surface area contributed by atoms with Gasteiger partial charge in [0.25, 0.3) is 0 Å². The third-order valence-corrected chi connectivity index (χ3v) is 3.59. The van der Waals surface area contributed by atoms with E-state index in [1.54, 1.807) is 6.08 Å². The Morgan fingerprint density at radius 3 is 2.60 bits per heavy atom. The minimum atomic E-state index is -0.491. The van der Waals surface area contributed by atoms with Crippen LogP contribution in [0, 0.1) is 0 Å². The zero-order valence-electron chi connectivity index (χ0n) is 11.5. The number of carbonyl (C=O) groups excluding carboxylic acids is 2. The van der Waals surface area contributed by atoms with Crippen LogP contribution in [-0.2, 0) is 9.59 Å². The van der Waals surface area contributed by atoms with Gasteiger partial charge in [-0.15, -0.1) is 0 Å². The van der Waals surface area contributed by atoms with Crippen molar-refractivity contribution in [3.05, 3.63) is 47.8 Å². The lowest BCUT2D eigenvalue weighted by Crippen LogP contribution is -2.35. The molecule has 1 aliphatic heterocycles. The lowest BCUT2D eigenvalue weighted by molar-refractivity contribution is -0.117. The van der Waals surface area contributed by atoms with Gasteiger partial charge in [-0.1, -0.05) is 31.2 Å². The molecule has 1 heterocycles. The summed E-state index contributed by atoms with van der Waals surface area (Å²) in [5.74, 6) is -1.18. The van der Waals surface area contributed by atoms with Gasteiger partial charge < -0.3 is 5.11 Å². The fraction of sp³-hybridized carbons (Fsp3) is 0.375. The summed E-state index contributed by atoms with van der Waals surface area (Å²) in [6.07, 6.45) is 9.26. The molecule has 4 heteroatoms. The van der Waals surface area contributed by atoms with E-state index in [-0.39, 0.29) is 16.9 Å². The van der Waals surface area contributed by atoms with Crippen molar-refractivity contribution in [3.63, 3.8) is 0 Å². The van der Waals surface area contributed by atoms with Crippen molar-refractivity contribution >= 4 is 11.6 Å². The number of hydrogen-bond donors (Lipinski definition) is 1. The fourth-order valence-electron chi connectivity index (χ4n) is 2.47. The number of rotatable bonds is 4. The van der Waals surface area contributed by atoms with E-state index >= 15 is 0 Å². The average Bonchev–Trinajstić information content (AvgIpc) is 2.47. The van der Waals surface area contributed by atoms with Gasteiger partial charge in [0, 0.05) is 12.1 Å². The second-order valence-corrected chi connectivity index (χ2v) is 5.05. The van der Waals surface area contributed by atoms with Crippen LogP contribution in [0.25, 0.3) is 0 Å². The molecule has 2 rings (SSSR count). The molecule has 0 radical (unpaired) electrons. The molecule has 0 spiro atoms. The second kappa shape index (κ2) is 6.48. The summed E-state index contributed by atoms with van der Waals surface area (Å²) in [6, 6.07) is 0. The smallest absolute Gasteiger partial charge is 0.227 e. The van der Waals surface area contributed by atoms with Crippen molar-refractivity contribution in [2.24, 2.45) is 0 Å². The van der Waals surface area contributed by atoms with Crippen molar-refractivity contribution in [1.82, 2.24) is 4.90 Å². The molecular weight excluding hydrogens is 254 g/mol. The van der Waals surface area contributed by atoms with Crippen LogP contribution in [0.15, 0.2) is 47.8 Å². The molecule has 2 aliphatic rings. The normalized spacial score (nSPS) is 21.5. The molecule has 20 heavy (non-hydrogen) atoms. The summed E-state index contributed by atoms with van der Waals surface area (Å²) in [6.45, 7) is 5.68. The van der Waals surface area contributed by atoms with Gasteiger partial charge in [-0.3, -0.25) is 14.5 Å². The number of nitrogens with zero attached hydrogens (tertiary/aromatic N) is 1. The first-order valence-electron chi connectivity index (χ1n) is 6.88. The Labute approximate surface area is 118 Å². The number of Topliss-reactive ketones (excluding diaryl/α,β-unsaturated/α-hetero) is 1. The third-order valence-electron chi connectivity index (χ3n) is 3.59. The maximum atomic E-state index is 12.1. The Bertz CT molecular complexity index is 520. The van der Waals surface area contributed by atoms with Gasteiger partial charge in [0.15, 0.2) is 11.5 Å². The van der Waals surface area contributed by atoms with Gasteiger partial charge in [-0.25, -0.2) is 0 Å². The van der Waals surface area contributed by atoms with E-state index in [1.807, 2.05) is 0 Å². The van der Waals surface area contributed by atoms with Crippen molar-refractivity contribution in [1.29, 1.82) is 0 Å². The van der Waals surface area contributed by atoms with Crippen LogP contribution in [0.4, 0.5) is 0 Å². The Hall–Kier alpha value is -1.94. The number of allylic oxidation sites excluding steroid dienone is 5. The highest BCUT2D eigenvalue weighted by molar-refractivity contribution is 6.22. The lowest BCUT2D eigenvalue weighted by atomic mass is 9.94. The van der Waals surface area contributed by atoms with Crippen LogP contribution in [0.3, 0.4) is 0 Å². The van der Waals surface area contributed by atoms with E-state index < -0.39 is 11.5 Å². The van der Waals surface area contributed by atoms with Crippen LogP contribution in [0.2, 0.25) is 0 Å². The molecular formula is C16H19NO3. The Kier molecular flexibility index (Phi) is 4.69. The van der Waals surface area contributed by atoms with Gasteiger partial charge >= 0.3 is 0 Å². The summed E-state index contributed by atoms with van der Waals surface area (Å²) >= 11 is 0. The molecule has 4 nitrogen and oxygen atoms in total. The number of aliphatic hydroxyl groups is 1. The monoisotopic (exact) mass is 273 g/mol. The van der Waals surface area contributed by atoms with E-state index in [0.29, 0.717) is 6.54 Å². The predicted molar refractivity (Wildman–Crippen MR) is 77.4 cm³/mol. The van der Waals surface area contributed by atoms with E-state index in [1.165, 1.54) is 24.6 Å². The van der Waals surface area contributed by atoms with Gasteiger partial charge in [-0.2, -0.15) is 0 Å². The minimum absolute atomic E-state index is 0.204. The maximum absolute atomic E-state index is 12.1. The Morgan fingerprint density at radius 2 is 1.95 bits per heavy atom. The Balaban J connectivity index is 2.15. The Morgan fingerprint density at radius 1 is 1.25 bits per heavy atom. The van der Waals surface area contributed by atoms with Gasteiger partial charge in [0.1, 0.15) is 0 Å². The maximum Gasteiger partial charge on any atom is 0.227 e. The average molecular weight is 273 g/mol. The van der Waals surface area contributed by atoms with Gasteiger partial charge in [-0.05, 0) is 32.0 Å². The largest absolute Gasteiger partial charge is 0.504 e. The zero-order chi connectivity index (χ0) is 14.5. The predicted octanol–water partition coefficient (Wildman–Crippen LogP) is 2.10. The number of likely N-dealkylation sites (tertiary alicyclic amines) is 1. The lowest BCUT2D eigenvalue weighted by Gasteiger charge is -2.27. The standard InChI is InChI=1S/C16H19NO3/c1-2-3-7-12-10-14(18)13(16(20)15(12)19)11-17-8-5-4-6-9-17/h2-3,7,10,20H,1,4-6,8-9,11H2/b7-3-. The van der Waals surface area contributed by atoms with Gasteiger partial charge in [0.05, 0.1) is 5.57 Å². The molecule has 0 aromatic carbocycles. The SMILES string of the molecule is C=C/C=C\C1=CC(=O)C(CN2CCCCC2)=C(O)C1=O. The van der Waals surface area contributed by atoms with Gasteiger partial charge in [0.2, 0.25) is 5.78 Å². The third kappa shape index (κ3) is 3.14. The summed E-state index contributed by atoms with van der Waals surface area (Å²) < 4.78 is 0. The summed E-state index contributed by atoms with van der Waals surface area (Å²) in [7, 11) is 0. The van der Waals surface area contributed by atoms with Crippen LogP contribution < -0.4 is 0 Å². The molecule has 0 bridgehead atoms. The topological polar surface area (TPSA) is 57.6 Å². The molecule has 1 saturated heterocycles. The van der Waals surface area contributed by atoms with E-state index in [4.69, 9.17) is 0 Å².